The van der Waals surface area contributed by atoms with Crippen molar-refractivity contribution >= 4 is 22.1 Å². The first-order valence-electron chi connectivity index (χ1n) is 15.4. The second kappa shape index (κ2) is 12.5. The van der Waals surface area contributed by atoms with Crippen molar-refractivity contribution in [3.05, 3.63) is 33.9 Å². The van der Waals surface area contributed by atoms with E-state index in [-0.39, 0.29) is 5.91 Å². The standard InChI is InChI=1S/C33H61NOSi2/c1-22(2)36(23(3)4,24(5)6)20-31-28-17-15-16-18-29(30(19-28)33(35)34(13)14)32(31)21-37(25(7)8,26(9)10)27(11)12/h19,22-27H,15-18,20-21H2,1-14H3. The third-order valence-corrected chi connectivity index (χ3v) is 25.8. The zero-order valence-electron chi connectivity index (χ0n) is 27.1. The largest absolute Gasteiger partial charge is 0.345 e. The molecule has 37 heavy (non-hydrogen) atoms. The van der Waals surface area contributed by atoms with Crippen molar-refractivity contribution < 1.29 is 4.79 Å². The Bertz CT molecular complexity index is 883. The summed E-state index contributed by atoms with van der Waals surface area (Å²) in [6.07, 6.45) is 4.65. The molecule has 2 aliphatic rings. The lowest BCUT2D eigenvalue weighted by molar-refractivity contribution is 0.0826. The van der Waals surface area contributed by atoms with Crippen LogP contribution in [-0.4, -0.2) is 41.1 Å². The molecule has 0 aliphatic heterocycles. The highest BCUT2D eigenvalue weighted by Crippen LogP contribution is 2.49. The molecule has 0 unspecified atom stereocenters. The molecule has 0 radical (unpaired) electrons. The third-order valence-electron chi connectivity index (χ3n) is 10.9. The summed E-state index contributed by atoms with van der Waals surface area (Å²) in [5, 5.41) is 0. The first-order chi connectivity index (χ1) is 17.0. The number of rotatable bonds is 11. The average Bonchev–Trinajstić information content (AvgIpc) is 2.74. The molecule has 0 atom stereocenters. The molecule has 0 saturated carbocycles. The molecule has 2 nitrogen and oxygen atoms in total. The average molecular weight is 544 g/mol. The summed E-state index contributed by atoms with van der Waals surface area (Å²) in [5.41, 5.74) is 11.7. The molecule has 212 valence electrons. The lowest BCUT2D eigenvalue weighted by Crippen LogP contribution is -2.49. The van der Waals surface area contributed by atoms with Gasteiger partial charge in [-0.05, 0) is 66.1 Å². The van der Waals surface area contributed by atoms with Crippen LogP contribution >= 0.6 is 0 Å². The van der Waals surface area contributed by atoms with Gasteiger partial charge in [0.2, 0.25) is 0 Å². The van der Waals surface area contributed by atoms with Crippen molar-refractivity contribution in [2.24, 2.45) is 0 Å². The van der Waals surface area contributed by atoms with Gasteiger partial charge in [0.1, 0.15) is 0 Å². The van der Waals surface area contributed by atoms with E-state index in [1.807, 2.05) is 14.1 Å². The molecular weight excluding hydrogens is 483 g/mol. The van der Waals surface area contributed by atoms with Gasteiger partial charge in [-0.3, -0.25) is 4.79 Å². The number of nitrogens with zero attached hydrogens (tertiary/aromatic N) is 1. The minimum atomic E-state index is -1.71. The predicted octanol–water partition coefficient (Wildman–Crippen LogP) is 9.79. The van der Waals surface area contributed by atoms with E-state index in [9.17, 15) is 4.79 Å². The van der Waals surface area contributed by atoms with Crippen molar-refractivity contribution in [1.29, 1.82) is 0 Å². The van der Waals surface area contributed by atoms with E-state index < -0.39 is 16.1 Å². The Hall–Kier alpha value is -0.876. The molecule has 1 aromatic carbocycles. The molecule has 1 aromatic rings. The fourth-order valence-corrected chi connectivity index (χ4v) is 21.3. The molecule has 2 bridgehead atoms. The van der Waals surface area contributed by atoms with Crippen molar-refractivity contribution in [3.63, 3.8) is 0 Å². The monoisotopic (exact) mass is 543 g/mol. The first kappa shape index (κ1) is 32.3. The Balaban J connectivity index is 3.01. The van der Waals surface area contributed by atoms with Crippen LogP contribution in [0.1, 0.15) is 129 Å². The normalized spacial score (nSPS) is 15.0. The Morgan fingerprint density at radius 1 is 0.676 bits per heavy atom. The number of carbonyl (C=O) groups excluding carboxylic acids is 1. The zero-order chi connectivity index (χ0) is 28.5. The van der Waals surface area contributed by atoms with E-state index in [4.69, 9.17) is 0 Å². The number of hydrogen-bond donors (Lipinski definition) is 0. The van der Waals surface area contributed by atoms with Gasteiger partial charge < -0.3 is 4.90 Å². The minimum Gasteiger partial charge on any atom is -0.345 e. The quantitative estimate of drug-likeness (QED) is 0.254. The van der Waals surface area contributed by atoms with E-state index in [1.54, 1.807) is 16.0 Å². The molecule has 0 spiro atoms. The van der Waals surface area contributed by atoms with Gasteiger partial charge in [0.25, 0.3) is 5.91 Å². The highest BCUT2D eigenvalue weighted by Gasteiger charge is 2.47. The van der Waals surface area contributed by atoms with Gasteiger partial charge in [0.15, 0.2) is 0 Å². The highest BCUT2D eigenvalue weighted by atomic mass is 28.3. The summed E-state index contributed by atoms with van der Waals surface area (Å²) in [7, 11) is 0.478. The molecule has 1 amide bonds. The minimum absolute atomic E-state index is 0.206. The molecule has 0 saturated heterocycles. The van der Waals surface area contributed by atoms with Gasteiger partial charge in [-0.2, -0.15) is 0 Å². The number of amides is 1. The fraction of sp³-hybridized carbons (Fsp3) is 0.788. The molecule has 0 N–H and O–H groups in total. The number of benzene rings is 1. The van der Waals surface area contributed by atoms with Crippen LogP contribution in [0.4, 0.5) is 0 Å². The Labute approximate surface area is 233 Å². The molecule has 4 heteroatoms. The van der Waals surface area contributed by atoms with Gasteiger partial charge >= 0.3 is 0 Å². The van der Waals surface area contributed by atoms with Crippen LogP contribution < -0.4 is 0 Å². The van der Waals surface area contributed by atoms with Gasteiger partial charge in [0.05, 0.1) is 16.1 Å². The SMILES string of the molecule is CC(C)[Si](Cc1c2cc(C(=O)N(C)C)c(c1C[Si](C(C)C)(C(C)C)C(C)C)CCCC2)(C(C)C)C(C)C. The molecule has 0 aromatic heterocycles. The zero-order valence-corrected chi connectivity index (χ0v) is 29.1. The van der Waals surface area contributed by atoms with Crippen molar-refractivity contribution in [2.75, 3.05) is 14.1 Å². The number of fused-ring (bicyclic) bond motifs is 5. The van der Waals surface area contributed by atoms with Gasteiger partial charge in [0, 0.05) is 19.7 Å². The molecule has 3 rings (SSSR count). The maximum atomic E-state index is 13.6. The molecule has 0 fully saturated rings. The molecule has 0 heterocycles. The van der Waals surface area contributed by atoms with Gasteiger partial charge in [-0.15, -0.1) is 0 Å². The van der Waals surface area contributed by atoms with E-state index in [2.05, 4.69) is 89.2 Å². The van der Waals surface area contributed by atoms with Crippen LogP contribution in [-0.2, 0) is 24.9 Å². The third kappa shape index (κ3) is 6.00. The predicted molar refractivity (Wildman–Crippen MR) is 171 cm³/mol. The van der Waals surface area contributed by atoms with Crippen molar-refractivity contribution in [2.45, 2.75) is 154 Å². The van der Waals surface area contributed by atoms with E-state index in [0.717, 1.165) is 51.7 Å². The van der Waals surface area contributed by atoms with Crippen molar-refractivity contribution in [3.8, 4) is 0 Å². The smallest absolute Gasteiger partial charge is 0.253 e. The summed E-state index contributed by atoms with van der Waals surface area (Å²) in [6, 6.07) is 4.89. The number of carbonyl (C=O) groups is 1. The fourth-order valence-electron chi connectivity index (χ4n) is 8.72. The Morgan fingerprint density at radius 3 is 1.43 bits per heavy atom. The van der Waals surface area contributed by atoms with Crippen LogP contribution in [0.25, 0.3) is 0 Å². The van der Waals surface area contributed by atoms with Crippen LogP contribution in [0.2, 0.25) is 33.2 Å². The van der Waals surface area contributed by atoms with E-state index >= 15 is 0 Å². The number of aryl methyl sites for hydroxylation is 1. The Morgan fingerprint density at radius 2 is 1.05 bits per heavy atom. The lowest BCUT2D eigenvalue weighted by Gasteiger charge is -2.47. The first-order valence-corrected chi connectivity index (χ1v) is 20.3. The summed E-state index contributed by atoms with van der Waals surface area (Å²) < 4.78 is 0. The number of hydrogen-bond acceptors (Lipinski definition) is 1. The maximum absolute atomic E-state index is 13.6. The van der Waals surface area contributed by atoms with Crippen molar-refractivity contribution in [1.82, 2.24) is 4.90 Å². The summed E-state index contributed by atoms with van der Waals surface area (Å²) in [4.78, 5) is 15.4. The van der Waals surface area contributed by atoms with Crippen LogP contribution in [0.5, 0.6) is 0 Å². The summed E-state index contributed by atoms with van der Waals surface area (Å²) >= 11 is 0. The van der Waals surface area contributed by atoms with Gasteiger partial charge in [-0.1, -0.05) is 116 Å². The Kier molecular flexibility index (Phi) is 11.0. The van der Waals surface area contributed by atoms with Crippen LogP contribution in [0.3, 0.4) is 0 Å². The highest BCUT2D eigenvalue weighted by molar-refractivity contribution is 6.84. The molecular formula is C33H61NOSi2. The van der Waals surface area contributed by atoms with Crippen LogP contribution in [0.15, 0.2) is 6.07 Å². The van der Waals surface area contributed by atoms with E-state index in [0.29, 0.717) is 0 Å². The second-order valence-corrected chi connectivity index (χ2v) is 26.5. The van der Waals surface area contributed by atoms with E-state index in [1.165, 1.54) is 36.1 Å². The summed E-state index contributed by atoms with van der Waals surface area (Å²) in [6.45, 7) is 30.1. The topological polar surface area (TPSA) is 20.3 Å². The van der Waals surface area contributed by atoms with Crippen LogP contribution in [0, 0.1) is 0 Å². The second-order valence-electron chi connectivity index (χ2n) is 14.4. The maximum Gasteiger partial charge on any atom is 0.253 e. The lowest BCUT2D eigenvalue weighted by atomic mass is 9.84. The summed E-state index contributed by atoms with van der Waals surface area (Å²) in [5.74, 6) is 0.206. The molecule has 2 aliphatic carbocycles. The van der Waals surface area contributed by atoms with Gasteiger partial charge in [-0.25, -0.2) is 0 Å².